The van der Waals surface area contributed by atoms with E-state index < -0.39 is 6.03 Å². The van der Waals surface area contributed by atoms with Gasteiger partial charge in [-0.3, -0.25) is 9.69 Å². The molecule has 0 heterocycles. The molecule has 0 radical (unpaired) electrons. The Morgan fingerprint density at radius 2 is 1.42 bits per heavy atom. The number of ether oxygens (including phenoxy) is 1. The van der Waals surface area contributed by atoms with Gasteiger partial charge in [-0.1, -0.05) is 64.7 Å². The molecule has 8 heteroatoms. The van der Waals surface area contributed by atoms with Crippen molar-refractivity contribution in [2.24, 2.45) is 0 Å². The molecule has 0 aliphatic rings. The van der Waals surface area contributed by atoms with Gasteiger partial charge >= 0.3 is 6.03 Å². The lowest BCUT2D eigenvalue weighted by atomic mass is 10.1. The van der Waals surface area contributed by atoms with Crippen molar-refractivity contribution in [1.82, 2.24) is 5.32 Å². The normalized spacial score (nSPS) is 10.6. The number of aromatic hydroxyl groups is 2. The Hall–Kier alpha value is -3.42. The van der Waals surface area contributed by atoms with E-state index in [0.717, 1.165) is 12.8 Å². The predicted molar refractivity (Wildman–Crippen MR) is 144 cm³/mol. The summed E-state index contributed by atoms with van der Waals surface area (Å²) in [5.41, 5.74) is 0.812. The molecule has 198 valence electrons. The summed E-state index contributed by atoms with van der Waals surface area (Å²) in [6, 6.07) is 9.95. The van der Waals surface area contributed by atoms with Crippen LogP contribution in [0.1, 0.15) is 71.1 Å². The van der Waals surface area contributed by atoms with Crippen LogP contribution in [0, 0.1) is 0 Å². The minimum absolute atomic E-state index is 0.0351. The topological polar surface area (TPSA) is 111 Å². The molecule has 0 aromatic heterocycles. The number of nitrogens with one attached hydrogen (secondary N) is 2. The molecule has 4 N–H and O–H groups in total. The van der Waals surface area contributed by atoms with Crippen molar-refractivity contribution in [2.75, 3.05) is 30.4 Å². The zero-order chi connectivity index (χ0) is 26.2. The number of rotatable bonds is 16. The summed E-state index contributed by atoms with van der Waals surface area (Å²) < 4.78 is 5.66. The molecule has 0 aliphatic carbocycles. The van der Waals surface area contributed by atoms with Crippen LogP contribution < -0.4 is 20.3 Å². The molecule has 8 nitrogen and oxygen atoms in total. The van der Waals surface area contributed by atoms with Crippen molar-refractivity contribution in [1.29, 1.82) is 0 Å². The van der Waals surface area contributed by atoms with E-state index >= 15 is 0 Å². The summed E-state index contributed by atoms with van der Waals surface area (Å²) in [4.78, 5) is 26.2. The summed E-state index contributed by atoms with van der Waals surface area (Å²) in [6.07, 6.45) is 12.4. The van der Waals surface area contributed by atoms with Crippen molar-refractivity contribution in [3.8, 4) is 17.2 Å². The zero-order valence-electron chi connectivity index (χ0n) is 21.6. The number of phenolic OH excluding ortho intramolecular Hbond substituents is 2. The summed E-state index contributed by atoms with van der Waals surface area (Å²) in [7, 11) is 1.53. The lowest BCUT2D eigenvalue weighted by Gasteiger charge is -2.21. The number of unbranched alkanes of at least 4 members (excludes halogenated alkanes) is 9. The van der Waals surface area contributed by atoms with Gasteiger partial charge in [0.05, 0.1) is 5.69 Å². The first-order valence-electron chi connectivity index (χ1n) is 13.0. The fourth-order valence-corrected chi connectivity index (χ4v) is 3.79. The average molecular weight is 500 g/mol. The van der Waals surface area contributed by atoms with Crippen LogP contribution in [-0.4, -0.2) is 42.4 Å². The first kappa shape index (κ1) is 28.8. The standard InChI is InChI=1S/C28H41N3O5/c1-3-4-5-6-7-8-9-10-11-12-19-29-27(34)21-36-26-18-17-24(33)20-25(26)31(2)28(35)30-22-13-15-23(32)16-14-22/h13-18,20,32-33H,3-12,19,21H2,1-2H3,(H,29,34)(H,30,35). The van der Waals surface area contributed by atoms with Crippen LogP contribution in [0.5, 0.6) is 17.2 Å². The summed E-state index contributed by atoms with van der Waals surface area (Å²) in [5.74, 6) is 0.120. The van der Waals surface area contributed by atoms with Crippen LogP contribution in [0.4, 0.5) is 16.2 Å². The molecule has 0 spiro atoms. The first-order chi connectivity index (χ1) is 17.4. The molecule has 2 aromatic carbocycles. The van der Waals surface area contributed by atoms with E-state index in [9.17, 15) is 19.8 Å². The van der Waals surface area contributed by atoms with Gasteiger partial charge in [0.2, 0.25) is 0 Å². The Balaban J connectivity index is 1.72. The van der Waals surface area contributed by atoms with Gasteiger partial charge in [0, 0.05) is 25.3 Å². The molecule has 0 atom stereocenters. The third kappa shape index (κ3) is 10.9. The fourth-order valence-electron chi connectivity index (χ4n) is 3.79. The van der Waals surface area contributed by atoms with E-state index in [2.05, 4.69) is 17.6 Å². The van der Waals surface area contributed by atoms with Gasteiger partial charge in [-0.15, -0.1) is 0 Å². The van der Waals surface area contributed by atoms with Crippen molar-refractivity contribution >= 4 is 23.3 Å². The van der Waals surface area contributed by atoms with Crippen molar-refractivity contribution in [3.63, 3.8) is 0 Å². The van der Waals surface area contributed by atoms with Gasteiger partial charge in [0.25, 0.3) is 5.91 Å². The molecule has 0 saturated carbocycles. The quantitative estimate of drug-likeness (QED) is 0.163. The molecule has 36 heavy (non-hydrogen) atoms. The van der Waals surface area contributed by atoms with Crippen molar-refractivity contribution in [2.45, 2.75) is 71.1 Å². The third-order valence-corrected chi connectivity index (χ3v) is 5.94. The van der Waals surface area contributed by atoms with Crippen LogP contribution in [0.25, 0.3) is 0 Å². The number of urea groups is 1. The Kier molecular flexibility index (Phi) is 13.0. The molecule has 0 aliphatic heterocycles. The lowest BCUT2D eigenvalue weighted by Crippen LogP contribution is -2.32. The van der Waals surface area contributed by atoms with E-state index in [1.54, 1.807) is 12.1 Å². The molecule has 2 rings (SSSR count). The SMILES string of the molecule is CCCCCCCCCCCCNC(=O)COc1ccc(O)cc1N(C)C(=O)Nc1ccc(O)cc1. The third-order valence-electron chi connectivity index (χ3n) is 5.94. The molecule has 3 amide bonds. The largest absolute Gasteiger partial charge is 0.508 e. The maximum absolute atomic E-state index is 12.7. The van der Waals surface area contributed by atoms with E-state index in [0.29, 0.717) is 23.7 Å². The van der Waals surface area contributed by atoms with E-state index in [1.807, 2.05) is 0 Å². The first-order valence-corrected chi connectivity index (χ1v) is 13.0. The Morgan fingerprint density at radius 3 is 2.06 bits per heavy atom. The second kappa shape index (κ2) is 16.3. The molecular weight excluding hydrogens is 458 g/mol. The molecule has 0 bridgehead atoms. The number of carbonyl (C=O) groups is 2. The highest BCUT2D eigenvalue weighted by Crippen LogP contribution is 2.32. The number of hydrogen-bond donors (Lipinski definition) is 4. The van der Waals surface area contributed by atoms with Crippen LogP contribution in [-0.2, 0) is 4.79 Å². The number of benzene rings is 2. The van der Waals surface area contributed by atoms with Gasteiger partial charge < -0.3 is 25.6 Å². The summed E-state index contributed by atoms with van der Waals surface area (Å²) >= 11 is 0. The maximum Gasteiger partial charge on any atom is 0.326 e. The molecule has 0 saturated heterocycles. The summed E-state index contributed by atoms with van der Waals surface area (Å²) in [5, 5.41) is 24.9. The molecular formula is C28H41N3O5. The van der Waals surface area contributed by atoms with Gasteiger partial charge in [0.15, 0.2) is 6.61 Å². The number of anilines is 2. The minimum atomic E-state index is -0.471. The number of carbonyl (C=O) groups excluding carboxylic acids is 2. The van der Waals surface area contributed by atoms with Gasteiger partial charge in [-0.25, -0.2) is 4.79 Å². The fraction of sp³-hybridized carbons (Fsp3) is 0.500. The van der Waals surface area contributed by atoms with Crippen LogP contribution in [0.3, 0.4) is 0 Å². The zero-order valence-corrected chi connectivity index (χ0v) is 21.6. The van der Waals surface area contributed by atoms with Gasteiger partial charge in [0.1, 0.15) is 17.2 Å². The van der Waals surface area contributed by atoms with Crippen LogP contribution in [0.2, 0.25) is 0 Å². The highest BCUT2D eigenvalue weighted by Gasteiger charge is 2.17. The molecule has 0 unspecified atom stereocenters. The van der Waals surface area contributed by atoms with Crippen LogP contribution >= 0.6 is 0 Å². The highest BCUT2D eigenvalue weighted by atomic mass is 16.5. The summed E-state index contributed by atoms with van der Waals surface area (Å²) in [6.45, 7) is 2.65. The average Bonchev–Trinajstić information content (AvgIpc) is 2.87. The molecule has 0 fully saturated rings. The van der Waals surface area contributed by atoms with Gasteiger partial charge in [-0.05, 0) is 42.8 Å². The van der Waals surface area contributed by atoms with E-state index in [4.69, 9.17) is 4.74 Å². The minimum Gasteiger partial charge on any atom is -0.508 e. The number of amides is 3. The van der Waals surface area contributed by atoms with Crippen LogP contribution in [0.15, 0.2) is 42.5 Å². The smallest absolute Gasteiger partial charge is 0.326 e. The Bertz CT molecular complexity index is 933. The van der Waals surface area contributed by atoms with Crippen molar-refractivity contribution < 1.29 is 24.5 Å². The number of hydrogen-bond acceptors (Lipinski definition) is 5. The Morgan fingerprint density at radius 1 is 0.833 bits per heavy atom. The lowest BCUT2D eigenvalue weighted by molar-refractivity contribution is -0.123. The second-order valence-corrected chi connectivity index (χ2v) is 9.01. The number of nitrogens with zero attached hydrogens (tertiary/aromatic N) is 1. The highest BCUT2D eigenvalue weighted by molar-refractivity contribution is 6.02. The second-order valence-electron chi connectivity index (χ2n) is 9.01. The van der Waals surface area contributed by atoms with E-state index in [1.165, 1.54) is 93.6 Å². The van der Waals surface area contributed by atoms with Gasteiger partial charge in [-0.2, -0.15) is 0 Å². The monoisotopic (exact) mass is 499 g/mol. The molecule has 2 aromatic rings. The number of phenols is 2. The predicted octanol–water partition coefficient (Wildman–Crippen LogP) is 6.18. The Labute approximate surface area is 214 Å². The van der Waals surface area contributed by atoms with Crippen molar-refractivity contribution in [3.05, 3.63) is 42.5 Å². The van der Waals surface area contributed by atoms with E-state index in [-0.39, 0.29) is 24.0 Å². The maximum atomic E-state index is 12.7.